The smallest absolute Gasteiger partial charge is 0.322 e. The second-order valence-electron chi connectivity index (χ2n) is 10.8. The van der Waals surface area contributed by atoms with E-state index in [0.29, 0.717) is 29.7 Å². The van der Waals surface area contributed by atoms with E-state index in [1.165, 1.54) is 19.3 Å². The van der Waals surface area contributed by atoms with E-state index in [1.54, 1.807) is 32.8 Å². The molecule has 4 aromatic rings. The zero-order chi connectivity index (χ0) is 29.8. The number of hydrogen-bond acceptors (Lipinski definition) is 7. The van der Waals surface area contributed by atoms with Gasteiger partial charge in [-0.3, -0.25) is 19.3 Å². The molecule has 0 aliphatic carbocycles. The molecule has 6 rings (SSSR count). The highest BCUT2D eigenvalue weighted by molar-refractivity contribution is 6.10. The van der Waals surface area contributed by atoms with Gasteiger partial charge in [0.25, 0.3) is 0 Å². The van der Waals surface area contributed by atoms with Crippen molar-refractivity contribution in [3.8, 4) is 0 Å². The Morgan fingerprint density at radius 2 is 1.81 bits per heavy atom. The van der Waals surface area contributed by atoms with Crippen LogP contribution < -0.4 is 20.4 Å². The summed E-state index contributed by atoms with van der Waals surface area (Å²) < 4.78 is 1.71. The number of likely N-dealkylation sites (tertiary alicyclic amines) is 1. The van der Waals surface area contributed by atoms with Crippen LogP contribution in [0.25, 0.3) is 0 Å². The Morgan fingerprint density at radius 3 is 2.58 bits per heavy atom. The zero-order valence-corrected chi connectivity index (χ0v) is 24.4. The van der Waals surface area contributed by atoms with Crippen LogP contribution in [-0.2, 0) is 18.4 Å². The van der Waals surface area contributed by atoms with E-state index < -0.39 is 0 Å². The molecule has 2 aliphatic heterocycles. The SMILES string of the molecule is Cc1nn(C)cc1Nc1ncc2c(n1)N(c1cccc(NC(=O)/C=C/CN3CCCCC3)c1)C(=O)N(c1ccccc1)C2. The molecule has 2 aromatic heterocycles. The molecule has 0 radical (unpaired) electrons. The van der Waals surface area contributed by atoms with Crippen LogP contribution in [0.4, 0.5) is 39.3 Å². The number of carbonyl (C=O) groups excluding carboxylic acids is 2. The minimum atomic E-state index is -0.259. The summed E-state index contributed by atoms with van der Waals surface area (Å²) in [7, 11) is 1.85. The first-order valence-electron chi connectivity index (χ1n) is 14.5. The van der Waals surface area contributed by atoms with Crippen molar-refractivity contribution in [1.82, 2.24) is 24.6 Å². The van der Waals surface area contributed by atoms with Gasteiger partial charge in [0.05, 0.1) is 23.6 Å². The number of fused-ring (bicyclic) bond motifs is 1. The summed E-state index contributed by atoms with van der Waals surface area (Å²) in [6, 6.07) is 16.5. The van der Waals surface area contributed by atoms with Crippen LogP contribution in [-0.4, -0.2) is 56.2 Å². The number of nitrogens with zero attached hydrogens (tertiary/aromatic N) is 7. The highest BCUT2D eigenvalue weighted by Gasteiger charge is 2.34. The van der Waals surface area contributed by atoms with Gasteiger partial charge >= 0.3 is 6.03 Å². The number of urea groups is 1. The van der Waals surface area contributed by atoms with Gasteiger partial charge in [0.1, 0.15) is 0 Å². The molecule has 220 valence electrons. The van der Waals surface area contributed by atoms with Crippen molar-refractivity contribution in [3.05, 3.63) is 90.4 Å². The van der Waals surface area contributed by atoms with Crippen molar-refractivity contribution >= 4 is 46.5 Å². The van der Waals surface area contributed by atoms with E-state index in [1.807, 2.05) is 74.8 Å². The molecule has 0 saturated carbocycles. The summed E-state index contributed by atoms with van der Waals surface area (Å²) in [5.41, 5.74) is 4.28. The molecule has 1 fully saturated rings. The Hall–Kier alpha value is -5.03. The maximum absolute atomic E-state index is 14.1. The fourth-order valence-electron chi connectivity index (χ4n) is 5.46. The van der Waals surface area contributed by atoms with Crippen molar-refractivity contribution in [1.29, 1.82) is 0 Å². The second kappa shape index (κ2) is 12.5. The van der Waals surface area contributed by atoms with Crippen LogP contribution in [0.5, 0.6) is 0 Å². The van der Waals surface area contributed by atoms with Crippen molar-refractivity contribution < 1.29 is 9.59 Å². The van der Waals surface area contributed by atoms with E-state index in [-0.39, 0.29) is 11.9 Å². The summed E-state index contributed by atoms with van der Waals surface area (Å²) in [4.78, 5) is 41.8. The largest absolute Gasteiger partial charge is 0.335 e. The molecule has 11 heteroatoms. The Bertz CT molecular complexity index is 1640. The molecule has 43 heavy (non-hydrogen) atoms. The lowest BCUT2D eigenvalue weighted by Gasteiger charge is -2.36. The first-order valence-corrected chi connectivity index (χ1v) is 14.5. The Morgan fingerprint density at radius 1 is 1.02 bits per heavy atom. The Balaban J connectivity index is 1.28. The molecule has 0 bridgehead atoms. The summed E-state index contributed by atoms with van der Waals surface area (Å²) in [6.07, 6.45) is 10.8. The molecule has 11 nitrogen and oxygen atoms in total. The Labute approximate surface area is 250 Å². The number of aryl methyl sites for hydroxylation is 2. The van der Waals surface area contributed by atoms with Gasteiger partial charge in [0, 0.05) is 49.0 Å². The number of rotatable bonds is 8. The second-order valence-corrected chi connectivity index (χ2v) is 10.8. The molecule has 3 amide bonds. The normalized spacial score (nSPS) is 15.5. The number of piperidine rings is 1. The van der Waals surface area contributed by atoms with Crippen LogP contribution in [0.3, 0.4) is 0 Å². The maximum Gasteiger partial charge on any atom is 0.335 e. The predicted molar refractivity (Wildman–Crippen MR) is 168 cm³/mol. The van der Waals surface area contributed by atoms with Crippen molar-refractivity contribution in [2.75, 3.05) is 40.1 Å². The highest BCUT2D eigenvalue weighted by atomic mass is 16.2. The van der Waals surface area contributed by atoms with Gasteiger partial charge in [0.2, 0.25) is 11.9 Å². The molecule has 0 atom stereocenters. The summed E-state index contributed by atoms with van der Waals surface area (Å²) in [5, 5.41) is 10.5. The topological polar surface area (TPSA) is 112 Å². The first-order chi connectivity index (χ1) is 20.9. The minimum absolute atomic E-state index is 0.217. The third kappa shape index (κ3) is 6.41. The average Bonchev–Trinajstić information content (AvgIpc) is 3.33. The van der Waals surface area contributed by atoms with Crippen molar-refractivity contribution in [3.63, 3.8) is 0 Å². The molecule has 0 unspecified atom stereocenters. The number of carbonyl (C=O) groups is 2. The van der Waals surface area contributed by atoms with Crippen LogP contribution in [0.1, 0.15) is 30.5 Å². The summed E-state index contributed by atoms with van der Waals surface area (Å²) in [6.45, 7) is 5.12. The van der Waals surface area contributed by atoms with Gasteiger partial charge in [-0.1, -0.05) is 36.8 Å². The molecule has 2 aliphatic rings. The van der Waals surface area contributed by atoms with E-state index in [9.17, 15) is 9.59 Å². The quantitative estimate of drug-likeness (QED) is 0.265. The van der Waals surface area contributed by atoms with Crippen LogP contribution in [0, 0.1) is 6.92 Å². The lowest BCUT2D eigenvalue weighted by Crippen LogP contribution is -2.45. The molecular formula is C32H35N9O2. The van der Waals surface area contributed by atoms with Crippen LogP contribution in [0.2, 0.25) is 0 Å². The number of benzene rings is 2. The van der Waals surface area contributed by atoms with Gasteiger partial charge in [-0.15, -0.1) is 0 Å². The maximum atomic E-state index is 14.1. The fourth-order valence-corrected chi connectivity index (χ4v) is 5.46. The number of anilines is 6. The first kappa shape index (κ1) is 28.1. The summed E-state index contributed by atoms with van der Waals surface area (Å²) in [5.74, 6) is 0.608. The number of para-hydroxylation sites is 1. The molecule has 2 aromatic carbocycles. The van der Waals surface area contributed by atoms with Crippen molar-refractivity contribution in [2.45, 2.75) is 32.7 Å². The molecular weight excluding hydrogens is 542 g/mol. The number of amides is 3. The van der Waals surface area contributed by atoms with E-state index in [0.717, 1.165) is 42.3 Å². The third-order valence-corrected chi connectivity index (χ3v) is 7.59. The monoisotopic (exact) mass is 577 g/mol. The minimum Gasteiger partial charge on any atom is -0.322 e. The zero-order valence-electron chi connectivity index (χ0n) is 24.4. The molecule has 4 heterocycles. The van der Waals surface area contributed by atoms with Gasteiger partial charge in [-0.05, 0) is 63.2 Å². The number of nitrogens with one attached hydrogen (secondary N) is 2. The number of aromatic nitrogens is 4. The van der Waals surface area contributed by atoms with Gasteiger partial charge in [0.15, 0.2) is 5.82 Å². The van der Waals surface area contributed by atoms with E-state index in [4.69, 9.17) is 4.98 Å². The third-order valence-electron chi connectivity index (χ3n) is 7.59. The molecule has 2 N–H and O–H groups in total. The van der Waals surface area contributed by atoms with E-state index in [2.05, 4.69) is 25.6 Å². The van der Waals surface area contributed by atoms with Crippen LogP contribution >= 0.6 is 0 Å². The Kier molecular flexibility index (Phi) is 8.14. The van der Waals surface area contributed by atoms with Gasteiger partial charge in [-0.25, -0.2) is 14.7 Å². The average molecular weight is 578 g/mol. The lowest BCUT2D eigenvalue weighted by molar-refractivity contribution is -0.111. The highest BCUT2D eigenvalue weighted by Crippen LogP contribution is 2.37. The van der Waals surface area contributed by atoms with Gasteiger partial charge in [-0.2, -0.15) is 10.1 Å². The summed E-state index contributed by atoms with van der Waals surface area (Å²) >= 11 is 0. The fraction of sp³-hybridized carbons (Fsp3) is 0.281. The molecule has 1 saturated heterocycles. The van der Waals surface area contributed by atoms with E-state index >= 15 is 0 Å². The van der Waals surface area contributed by atoms with Gasteiger partial charge < -0.3 is 10.6 Å². The van der Waals surface area contributed by atoms with Crippen LogP contribution in [0.15, 0.2) is 79.1 Å². The molecule has 0 spiro atoms. The standard InChI is InChI=1S/C32H35N9O2/c1-23-28(22-38(2)37-23)35-31-33-20-24-21-40(26-12-5-3-6-13-26)32(43)41(30(24)36-31)27-14-9-11-25(19-27)34-29(42)15-10-18-39-16-7-4-8-17-39/h3,5-6,9-15,19-20,22H,4,7-8,16-18,21H2,1-2H3,(H,34,42)(H,33,35,36)/b15-10+. The number of hydrogen-bond donors (Lipinski definition) is 2. The lowest BCUT2D eigenvalue weighted by atomic mass is 10.1. The van der Waals surface area contributed by atoms with Crippen molar-refractivity contribution in [2.24, 2.45) is 7.05 Å². The predicted octanol–water partition coefficient (Wildman–Crippen LogP) is 5.52.